The van der Waals surface area contributed by atoms with Gasteiger partial charge in [-0.05, 0) is 38.8 Å². The molecule has 0 spiro atoms. The molecule has 3 nitrogen and oxygen atoms in total. The number of carbonyl (C=O) groups is 1. The van der Waals surface area contributed by atoms with Gasteiger partial charge in [-0.2, -0.15) is 0 Å². The number of rotatable bonds is 2. The van der Waals surface area contributed by atoms with Crippen molar-refractivity contribution >= 4 is 5.97 Å². The van der Waals surface area contributed by atoms with Crippen molar-refractivity contribution in [2.24, 2.45) is 11.8 Å². The van der Waals surface area contributed by atoms with Crippen LogP contribution in [0.1, 0.15) is 12.8 Å². The van der Waals surface area contributed by atoms with Crippen molar-refractivity contribution in [1.82, 2.24) is 5.32 Å². The number of aliphatic carboxylic acids is 1. The van der Waals surface area contributed by atoms with Crippen molar-refractivity contribution in [2.75, 3.05) is 13.1 Å². The fourth-order valence-electron chi connectivity index (χ4n) is 1.45. The summed E-state index contributed by atoms with van der Waals surface area (Å²) in [6.07, 6.45) is 1.89. The number of nitrogens with one attached hydrogen (secondary N) is 1. The molecule has 0 aromatic carbocycles. The van der Waals surface area contributed by atoms with Crippen LogP contribution in [0, 0.1) is 18.8 Å². The Kier molecular flexibility index (Phi) is 2.88. The van der Waals surface area contributed by atoms with Crippen LogP contribution in [0.15, 0.2) is 0 Å². The summed E-state index contributed by atoms with van der Waals surface area (Å²) in [5.74, 6) is -0.914. The maximum Gasteiger partial charge on any atom is 0.306 e. The molecule has 11 heavy (non-hydrogen) atoms. The highest BCUT2D eigenvalue weighted by atomic mass is 16.4. The topological polar surface area (TPSA) is 49.3 Å². The molecule has 1 rings (SSSR count). The van der Waals surface area contributed by atoms with E-state index in [9.17, 15) is 4.79 Å². The Morgan fingerprint density at radius 1 is 1.55 bits per heavy atom. The van der Waals surface area contributed by atoms with Crippen LogP contribution < -0.4 is 5.32 Å². The zero-order valence-corrected chi connectivity index (χ0v) is 6.55. The molecule has 63 valence electrons. The van der Waals surface area contributed by atoms with Gasteiger partial charge in [0.2, 0.25) is 0 Å². The Labute approximate surface area is 66.8 Å². The standard InChI is InChI=1S/C8H14NO2/c1-6(8(10)11)7-2-4-9-5-3-7/h6-7,9H,1-5H2,(H,10,11). The van der Waals surface area contributed by atoms with Gasteiger partial charge < -0.3 is 10.4 Å². The normalized spacial score (nSPS) is 23.0. The molecule has 0 aliphatic carbocycles. The fourth-order valence-corrected chi connectivity index (χ4v) is 1.45. The molecule has 1 aliphatic heterocycles. The molecular weight excluding hydrogens is 142 g/mol. The molecule has 0 bridgehead atoms. The molecule has 3 heteroatoms. The van der Waals surface area contributed by atoms with Crippen molar-refractivity contribution in [1.29, 1.82) is 0 Å². The van der Waals surface area contributed by atoms with E-state index in [-0.39, 0.29) is 5.92 Å². The number of hydrogen-bond acceptors (Lipinski definition) is 2. The van der Waals surface area contributed by atoms with Crippen LogP contribution in [0.3, 0.4) is 0 Å². The number of hydrogen-bond donors (Lipinski definition) is 2. The second-order valence-electron chi connectivity index (χ2n) is 3.03. The van der Waals surface area contributed by atoms with Gasteiger partial charge >= 0.3 is 5.97 Å². The van der Waals surface area contributed by atoms with E-state index in [2.05, 4.69) is 12.2 Å². The summed E-state index contributed by atoms with van der Waals surface area (Å²) in [7, 11) is 0. The summed E-state index contributed by atoms with van der Waals surface area (Å²) < 4.78 is 0. The van der Waals surface area contributed by atoms with Crippen LogP contribution in [-0.4, -0.2) is 24.2 Å². The molecule has 1 unspecified atom stereocenters. The van der Waals surface area contributed by atoms with Crippen molar-refractivity contribution in [3.8, 4) is 0 Å². The minimum Gasteiger partial charge on any atom is -0.481 e. The van der Waals surface area contributed by atoms with Crippen LogP contribution in [0.2, 0.25) is 0 Å². The van der Waals surface area contributed by atoms with Gasteiger partial charge in [0.25, 0.3) is 0 Å². The lowest BCUT2D eigenvalue weighted by Gasteiger charge is -2.25. The molecule has 2 N–H and O–H groups in total. The number of carboxylic acid groups (broad SMARTS) is 1. The average Bonchev–Trinajstić information content (AvgIpc) is 2.05. The van der Waals surface area contributed by atoms with Crippen LogP contribution in [0.25, 0.3) is 0 Å². The third-order valence-electron chi connectivity index (χ3n) is 2.27. The number of piperidine rings is 1. The first kappa shape index (κ1) is 8.53. The van der Waals surface area contributed by atoms with Crippen molar-refractivity contribution in [3.05, 3.63) is 6.92 Å². The van der Waals surface area contributed by atoms with E-state index in [0.717, 1.165) is 25.9 Å². The highest BCUT2D eigenvalue weighted by Gasteiger charge is 2.24. The monoisotopic (exact) mass is 156 g/mol. The molecule has 1 radical (unpaired) electrons. The van der Waals surface area contributed by atoms with Crippen molar-refractivity contribution in [2.45, 2.75) is 12.8 Å². The summed E-state index contributed by atoms with van der Waals surface area (Å²) in [4.78, 5) is 10.5. The molecule has 1 saturated heterocycles. The lowest BCUT2D eigenvalue weighted by atomic mass is 9.86. The predicted molar refractivity (Wildman–Crippen MR) is 42.1 cm³/mol. The Morgan fingerprint density at radius 2 is 2.09 bits per heavy atom. The van der Waals surface area contributed by atoms with E-state index >= 15 is 0 Å². The van der Waals surface area contributed by atoms with Crippen LogP contribution in [0.4, 0.5) is 0 Å². The van der Waals surface area contributed by atoms with E-state index < -0.39 is 11.9 Å². The van der Waals surface area contributed by atoms with Gasteiger partial charge in [-0.25, -0.2) is 0 Å². The Balaban J connectivity index is 2.38. The second kappa shape index (κ2) is 3.72. The Hall–Kier alpha value is -0.570. The minimum atomic E-state index is -0.767. The van der Waals surface area contributed by atoms with Crippen molar-refractivity contribution < 1.29 is 9.90 Å². The maximum absolute atomic E-state index is 10.5. The first-order valence-corrected chi connectivity index (χ1v) is 3.98. The van der Waals surface area contributed by atoms with Gasteiger partial charge in [0.05, 0.1) is 5.92 Å². The SMILES string of the molecule is [CH2]C(C(=O)O)C1CCNCC1. The average molecular weight is 156 g/mol. The highest BCUT2D eigenvalue weighted by molar-refractivity contribution is 5.71. The fraction of sp³-hybridized carbons (Fsp3) is 0.750. The molecule has 1 fully saturated rings. The van der Waals surface area contributed by atoms with Gasteiger partial charge in [-0.3, -0.25) is 4.79 Å². The number of carboxylic acids is 1. The van der Waals surface area contributed by atoms with Crippen molar-refractivity contribution in [3.63, 3.8) is 0 Å². The molecule has 0 aromatic rings. The van der Waals surface area contributed by atoms with Crippen LogP contribution in [-0.2, 0) is 4.79 Å². The summed E-state index contributed by atoms with van der Waals surface area (Å²) in [5.41, 5.74) is 0. The Bertz CT molecular complexity index is 141. The first-order valence-electron chi connectivity index (χ1n) is 3.98. The van der Waals surface area contributed by atoms with E-state index in [1.807, 2.05) is 0 Å². The largest absolute Gasteiger partial charge is 0.481 e. The molecule has 1 aliphatic rings. The van der Waals surface area contributed by atoms with E-state index in [0.29, 0.717) is 0 Å². The van der Waals surface area contributed by atoms with Gasteiger partial charge in [0.1, 0.15) is 0 Å². The summed E-state index contributed by atoms with van der Waals surface area (Å²) in [6.45, 7) is 5.50. The van der Waals surface area contributed by atoms with E-state index in [1.165, 1.54) is 0 Å². The zero-order chi connectivity index (χ0) is 8.27. The lowest BCUT2D eigenvalue weighted by molar-refractivity contribution is -0.142. The van der Waals surface area contributed by atoms with Gasteiger partial charge in [-0.15, -0.1) is 0 Å². The summed E-state index contributed by atoms with van der Waals surface area (Å²) in [6, 6.07) is 0. The molecule has 0 amide bonds. The summed E-state index contributed by atoms with van der Waals surface area (Å²) >= 11 is 0. The Morgan fingerprint density at radius 3 is 2.55 bits per heavy atom. The predicted octanol–water partition coefficient (Wildman–Crippen LogP) is 0.521. The third kappa shape index (κ3) is 2.19. The molecular formula is C8H14NO2. The van der Waals surface area contributed by atoms with Crippen LogP contribution in [0.5, 0.6) is 0 Å². The van der Waals surface area contributed by atoms with E-state index in [4.69, 9.17) is 5.11 Å². The molecule has 0 aromatic heterocycles. The second-order valence-corrected chi connectivity index (χ2v) is 3.03. The van der Waals surface area contributed by atoms with Crippen LogP contribution >= 0.6 is 0 Å². The molecule has 1 heterocycles. The maximum atomic E-state index is 10.5. The lowest BCUT2D eigenvalue weighted by Crippen LogP contribution is -2.33. The van der Waals surface area contributed by atoms with Gasteiger partial charge in [0.15, 0.2) is 0 Å². The van der Waals surface area contributed by atoms with Gasteiger partial charge in [0, 0.05) is 0 Å². The smallest absolute Gasteiger partial charge is 0.306 e. The first-order chi connectivity index (χ1) is 5.22. The van der Waals surface area contributed by atoms with Gasteiger partial charge in [-0.1, -0.05) is 0 Å². The van der Waals surface area contributed by atoms with E-state index in [1.54, 1.807) is 0 Å². The minimum absolute atomic E-state index is 0.272. The summed E-state index contributed by atoms with van der Waals surface area (Å²) in [5, 5.41) is 11.8. The third-order valence-corrected chi connectivity index (χ3v) is 2.27. The highest BCUT2D eigenvalue weighted by Crippen LogP contribution is 2.20. The quantitative estimate of drug-likeness (QED) is 0.612. The zero-order valence-electron chi connectivity index (χ0n) is 6.55. The molecule has 0 saturated carbocycles. The molecule has 1 atom stereocenters.